The summed E-state index contributed by atoms with van der Waals surface area (Å²) in [5, 5.41) is 4.32. The van der Waals surface area contributed by atoms with Gasteiger partial charge in [-0.1, -0.05) is 6.07 Å². The molecule has 2 aromatic heterocycles. The van der Waals surface area contributed by atoms with E-state index in [1.807, 2.05) is 0 Å². The molecule has 9 heteroatoms. The van der Waals surface area contributed by atoms with Crippen molar-refractivity contribution in [1.82, 2.24) is 19.7 Å². The van der Waals surface area contributed by atoms with Gasteiger partial charge in [0.15, 0.2) is 11.6 Å². The Morgan fingerprint density at radius 2 is 2.07 bits per heavy atom. The van der Waals surface area contributed by atoms with Crippen LogP contribution in [0.3, 0.4) is 0 Å². The standard InChI is InChI=1S/C19H17F3N4O2/c1-25-5-4-12(18(25)27)10-26-16-6-13(8-23-15(16)9-24-26)11-2-3-14(20)17(7-11)28-19(21)22/h2-3,6-9,12,19H,4-5,10H2,1H3/t12-/m1/s1. The molecule has 3 aromatic rings. The fourth-order valence-electron chi connectivity index (χ4n) is 3.40. The van der Waals surface area contributed by atoms with Gasteiger partial charge in [0.1, 0.15) is 5.52 Å². The Labute approximate surface area is 158 Å². The summed E-state index contributed by atoms with van der Waals surface area (Å²) in [6, 6.07) is 5.53. The number of rotatable bonds is 5. The highest BCUT2D eigenvalue weighted by molar-refractivity contribution is 5.82. The molecule has 1 aliphatic rings. The molecule has 0 saturated carbocycles. The van der Waals surface area contributed by atoms with Gasteiger partial charge in [0.05, 0.1) is 24.2 Å². The van der Waals surface area contributed by atoms with Crippen LogP contribution in [-0.4, -0.2) is 45.8 Å². The number of nitrogens with zero attached hydrogens (tertiary/aromatic N) is 4. The number of hydrogen-bond acceptors (Lipinski definition) is 4. The van der Waals surface area contributed by atoms with Crippen molar-refractivity contribution in [2.24, 2.45) is 5.92 Å². The van der Waals surface area contributed by atoms with Crippen LogP contribution in [0.5, 0.6) is 5.75 Å². The SMILES string of the molecule is CN1CC[C@H](Cn2ncc3ncc(-c4ccc(F)c(OC(F)F)c4)cc32)C1=O. The number of ether oxygens (including phenoxy) is 1. The van der Waals surface area contributed by atoms with E-state index in [0.717, 1.165) is 12.5 Å². The zero-order chi connectivity index (χ0) is 19.8. The fraction of sp³-hybridized carbons (Fsp3) is 0.316. The van der Waals surface area contributed by atoms with Gasteiger partial charge in [-0.15, -0.1) is 0 Å². The van der Waals surface area contributed by atoms with Crippen molar-refractivity contribution in [3.63, 3.8) is 0 Å². The summed E-state index contributed by atoms with van der Waals surface area (Å²) in [4.78, 5) is 18.2. The summed E-state index contributed by atoms with van der Waals surface area (Å²) in [5.74, 6) is -1.46. The first kappa shape index (κ1) is 18.3. The number of halogens is 3. The number of alkyl halides is 2. The molecule has 1 atom stereocenters. The number of benzene rings is 1. The number of aromatic nitrogens is 3. The van der Waals surface area contributed by atoms with E-state index in [4.69, 9.17) is 0 Å². The molecular weight excluding hydrogens is 373 g/mol. The molecule has 0 radical (unpaired) electrons. The highest BCUT2D eigenvalue weighted by atomic mass is 19.3. The molecule has 146 valence electrons. The lowest BCUT2D eigenvalue weighted by molar-refractivity contribution is -0.130. The summed E-state index contributed by atoms with van der Waals surface area (Å²) in [6.45, 7) is -1.97. The molecule has 28 heavy (non-hydrogen) atoms. The molecule has 3 heterocycles. The summed E-state index contributed by atoms with van der Waals surface area (Å²) in [7, 11) is 1.77. The van der Waals surface area contributed by atoms with Gasteiger partial charge in [0.25, 0.3) is 0 Å². The van der Waals surface area contributed by atoms with Gasteiger partial charge < -0.3 is 9.64 Å². The average Bonchev–Trinajstić information content (AvgIpc) is 3.21. The Morgan fingerprint density at radius 3 is 2.79 bits per heavy atom. The second kappa shape index (κ2) is 7.14. The number of hydrogen-bond donors (Lipinski definition) is 0. The summed E-state index contributed by atoms with van der Waals surface area (Å²) in [5.41, 5.74) is 2.44. The highest BCUT2D eigenvalue weighted by Crippen LogP contribution is 2.29. The van der Waals surface area contributed by atoms with Gasteiger partial charge in [0, 0.05) is 25.4 Å². The van der Waals surface area contributed by atoms with Crippen LogP contribution in [0.15, 0.2) is 36.7 Å². The zero-order valence-electron chi connectivity index (χ0n) is 15.0. The third-order valence-electron chi connectivity index (χ3n) is 4.91. The second-order valence-corrected chi connectivity index (χ2v) is 6.72. The van der Waals surface area contributed by atoms with Gasteiger partial charge in [-0.25, -0.2) is 4.39 Å². The number of carbonyl (C=O) groups excluding carboxylic acids is 1. The minimum absolute atomic E-state index is 0.0834. The first-order valence-corrected chi connectivity index (χ1v) is 8.73. The van der Waals surface area contributed by atoms with Crippen LogP contribution in [0.25, 0.3) is 22.2 Å². The van der Waals surface area contributed by atoms with E-state index in [9.17, 15) is 18.0 Å². The number of carbonyl (C=O) groups is 1. The van der Waals surface area contributed by atoms with E-state index < -0.39 is 18.2 Å². The summed E-state index contributed by atoms with van der Waals surface area (Å²) in [6.07, 6.45) is 3.93. The van der Waals surface area contributed by atoms with E-state index >= 15 is 0 Å². The Bertz CT molecular complexity index is 1040. The molecule has 0 unspecified atom stereocenters. The molecule has 0 spiro atoms. The Hall–Kier alpha value is -3.10. The van der Waals surface area contributed by atoms with E-state index in [-0.39, 0.29) is 11.8 Å². The third kappa shape index (κ3) is 3.39. The molecule has 1 fully saturated rings. The molecule has 1 saturated heterocycles. The molecule has 1 amide bonds. The van der Waals surface area contributed by atoms with Crippen LogP contribution < -0.4 is 4.74 Å². The van der Waals surface area contributed by atoms with Crippen molar-refractivity contribution in [1.29, 1.82) is 0 Å². The Kier molecular flexibility index (Phi) is 4.66. The second-order valence-electron chi connectivity index (χ2n) is 6.72. The summed E-state index contributed by atoms with van der Waals surface area (Å²) >= 11 is 0. The summed E-state index contributed by atoms with van der Waals surface area (Å²) < 4.78 is 44.6. The normalized spacial score (nSPS) is 17.1. The topological polar surface area (TPSA) is 60.3 Å². The van der Waals surface area contributed by atoms with Gasteiger partial charge in [0.2, 0.25) is 5.91 Å². The van der Waals surface area contributed by atoms with Gasteiger partial charge in [-0.3, -0.25) is 14.5 Å². The predicted octanol–water partition coefficient (Wildman–Crippen LogP) is 3.32. The highest BCUT2D eigenvalue weighted by Gasteiger charge is 2.29. The first-order chi connectivity index (χ1) is 13.4. The van der Waals surface area contributed by atoms with Gasteiger partial charge >= 0.3 is 6.61 Å². The molecule has 1 aliphatic heterocycles. The largest absolute Gasteiger partial charge is 0.432 e. The predicted molar refractivity (Wildman–Crippen MR) is 95.3 cm³/mol. The fourth-order valence-corrected chi connectivity index (χ4v) is 3.40. The van der Waals surface area contributed by atoms with Crippen molar-refractivity contribution in [2.75, 3.05) is 13.6 Å². The van der Waals surface area contributed by atoms with Crippen molar-refractivity contribution in [3.05, 3.63) is 42.5 Å². The number of fused-ring (bicyclic) bond motifs is 1. The van der Waals surface area contributed by atoms with E-state index in [1.165, 1.54) is 12.1 Å². The number of amides is 1. The first-order valence-electron chi connectivity index (χ1n) is 8.73. The monoisotopic (exact) mass is 390 g/mol. The number of pyridine rings is 1. The lowest BCUT2D eigenvalue weighted by Crippen LogP contribution is -2.25. The lowest BCUT2D eigenvalue weighted by atomic mass is 10.1. The molecular formula is C19H17F3N4O2. The van der Waals surface area contributed by atoms with Crippen molar-refractivity contribution >= 4 is 16.9 Å². The molecule has 0 N–H and O–H groups in total. The van der Waals surface area contributed by atoms with Crippen LogP contribution in [-0.2, 0) is 11.3 Å². The third-order valence-corrected chi connectivity index (χ3v) is 4.91. The molecule has 0 bridgehead atoms. The van der Waals surface area contributed by atoms with Crippen LogP contribution in [0.2, 0.25) is 0 Å². The maximum absolute atomic E-state index is 13.7. The van der Waals surface area contributed by atoms with Crippen LogP contribution >= 0.6 is 0 Å². The lowest BCUT2D eigenvalue weighted by Gasteiger charge is -2.11. The molecule has 0 aliphatic carbocycles. The Balaban J connectivity index is 1.67. The number of likely N-dealkylation sites (tertiary alicyclic amines) is 1. The molecule has 4 rings (SSSR count). The minimum Gasteiger partial charge on any atom is -0.432 e. The Morgan fingerprint density at radius 1 is 1.25 bits per heavy atom. The minimum atomic E-state index is -3.12. The smallest absolute Gasteiger partial charge is 0.387 e. The van der Waals surface area contributed by atoms with E-state index in [0.29, 0.717) is 35.2 Å². The molecule has 6 nitrogen and oxygen atoms in total. The van der Waals surface area contributed by atoms with Crippen molar-refractivity contribution in [2.45, 2.75) is 19.6 Å². The maximum atomic E-state index is 13.7. The van der Waals surface area contributed by atoms with Crippen molar-refractivity contribution in [3.8, 4) is 16.9 Å². The van der Waals surface area contributed by atoms with E-state index in [2.05, 4.69) is 14.8 Å². The van der Waals surface area contributed by atoms with Gasteiger partial charge in [-0.2, -0.15) is 13.9 Å². The van der Waals surface area contributed by atoms with Crippen LogP contribution in [0.4, 0.5) is 13.2 Å². The van der Waals surface area contributed by atoms with Crippen LogP contribution in [0, 0.1) is 11.7 Å². The quantitative estimate of drug-likeness (QED) is 0.671. The van der Waals surface area contributed by atoms with Gasteiger partial charge in [-0.05, 0) is 30.2 Å². The zero-order valence-corrected chi connectivity index (χ0v) is 15.0. The van der Waals surface area contributed by atoms with E-state index in [1.54, 1.807) is 35.1 Å². The van der Waals surface area contributed by atoms with Crippen molar-refractivity contribution < 1.29 is 22.7 Å². The maximum Gasteiger partial charge on any atom is 0.387 e. The molecule has 1 aromatic carbocycles. The average molecular weight is 390 g/mol. The van der Waals surface area contributed by atoms with Crippen LogP contribution in [0.1, 0.15) is 6.42 Å².